The Balaban J connectivity index is 1.44. The van der Waals surface area contributed by atoms with Crippen LogP contribution in [0.4, 0.5) is 18.9 Å². The normalized spacial score (nSPS) is 14.8. The lowest BCUT2D eigenvalue weighted by molar-refractivity contribution is -0.167. The number of nitrogens with one attached hydrogen (secondary N) is 2. The number of fused-ring (bicyclic) bond motifs is 4. The number of carbonyl (C=O) groups excluding carboxylic acids is 2. The lowest BCUT2D eigenvalue weighted by atomic mass is 9.93. The Labute approximate surface area is 222 Å². The van der Waals surface area contributed by atoms with Crippen LogP contribution in [0.5, 0.6) is 0 Å². The topological polar surface area (TPSA) is 68.4 Å². The first-order valence-corrected chi connectivity index (χ1v) is 12.6. The van der Waals surface area contributed by atoms with Crippen LogP contribution in [-0.2, 0) is 4.79 Å². The minimum Gasteiger partial charge on any atom is -0.354 e. The second-order valence-electron chi connectivity index (χ2n) is 9.87. The number of piperazine rings is 1. The molecule has 1 fully saturated rings. The van der Waals surface area contributed by atoms with Crippen molar-refractivity contribution in [1.82, 2.24) is 14.8 Å². The van der Waals surface area contributed by atoms with E-state index in [0.717, 1.165) is 46.0 Å². The number of hydrogen-bond donors (Lipinski definition) is 2. The third-order valence-electron chi connectivity index (χ3n) is 7.38. The molecule has 6 nitrogen and oxygen atoms in total. The monoisotopic (exact) mass is 530 g/mol. The van der Waals surface area contributed by atoms with E-state index in [1.54, 1.807) is 18.2 Å². The lowest BCUT2D eigenvalue weighted by Gasteiger charge is -2.32. The Morgan fingerprint density at radius 3 is 2.28 bits per heavy atom. The van der Waals surface area contributed by atoms with Crippen molar-refractivity contribution in [1.29, 1.82) is 0 Å². The second kappa shape index (κ2) is 9.43. The molecule has 1 aromatic heterocycles. The molecule has 1 saturated heterocycles. The summed E-state index contributed by atoms with van der Waals surface area (Å²) in [6.45, 7) is 3.07. The van der Waals surface area contributed by atoms with E-state index in [1.165, 1.54) is 6.07 Å². The van der Waals surface area contributed by atoms with Gasteiger partial charge in [-0.25, -0.2) is 0 Å². The fraction of sp³-hybridized carbons (Fsp3) is 0.200. The smallest absolute Gasteiger partial charge is 0.354 e. The number of rotatable bonds is 3. The quantitative estimate of drug-likeness (QED) is 0.299. The van der Waals surface area contributed by atoms with Gasteiger partial charge >= 0.3 is 12.1 Å². The zero-order chi connectivity index (χ0) is 27.3. The molecule has 0 spiro atoms. The summed E-state index contributed by atoms with van der Waals surface area (Å²) in [6, 6.07) is 21.8. The molecule has 4 aromatic carbocycles. The van der Waals surface area contributed by atoms with Crippen molar-refractivity contribution < 1.29 is 22.8 Å². The van der Waals surface area contributed by atoms with Crippen LogP contribution >= 0.6 is 0 Å². The fourth-order valence-electron chi connectivity index (χ4n) is 5.34. The number of amides is 2. The summed E-state index contributed by atoms with van der Waals surface area (Å²) in [4.78, 5) is 32.3. The number of aromatic nitrogens is 1. The molecule has 5 aromatic rings. The minimum absolute atomic E-state index is 0.00589. The van der Waals surface area contributed by atoms with E-state index in [1.807, 2.05) is 65.8 Å². The predicted octanol–water partition coefficient (Wildman–Crippen LogP) is 6.03. The molecule has 1 aliphatic heterocycles. The second-order valence-corrected chi connectivity index (χ2v) is 9.87. The van der Waals surface area contributed by atoms with E-state index in [0.29, 0.717) is 29.4 Å². The lowest BCUT2D eigenvalue weighted by Crippen LogP contribution is -2.47. The van der Waals surface area contributed by atoms with Gasteiger partial charge in [-0.2, -0.15) is 13.2 Å². The molecule has 0 radical (unpaired) electrons. The van der Waals surface area contributed by atoms with Crippen molar-refractivity contribution in [2.45, 2.75) is 6.18 Å². The highest BCUT2D eigenvalue weighted by Crippen LogP contribution is 2.40. The highest BCUT2D eigenvalue weighted by atomic mass is 19.4. The molecule has 0 unspecified atom stereocenters. The van der Waals surface area contributed by atoms with Gasteiger partial charge in [-0.1, -0.05) is 48.5 Å². The van der Waals surface area contributed by atoms with Crippen molar-refractivity contribution in [2.24, 2.45) is 0 Å². The number of aromatic amines is 1. The van der Waals surface area contributed by atoms with Gasteiger partial charge in [-0.15, -0.1) is 0 Å². The number of benzene rings is 4. The number of carbonyl (C=O) groups is 2. The summed E-state index contributed by atoms with van der Waals surface area (Å²) in [7, 11) is 2.05. The molecule has 0 aliphatic carbocycles. The van der Waals surface area contributed by atoms with E-state index in [9.17, 15) is 22.8 Å². The number of hydrogen-bond acceptors (Lipinski definition) is 3. The van der Waals surface area contributed by atoms with Crippen LogP contribution in [0.1, 0.15) is 10.4 Å². The van der Waals surface area contributed by atoms with Gasteiger partial charge < -0.3 is 20.1 Å². The number of alkyl halides is 3. The SMILES string of the molecule is CN1CCN(C(=O)c2ccc3c(c2)[nH]c2cccc(-c4ccc(NC(=O)C(F)(F)F)c5ccccc45)c23)CC1. The summed E-state index contributed by atoms with van der Waals surface area (Å²) in [6.07, 6.45) is -4.99. The van der Waals surface area contributed by atoms with Crippen LogP contribution in [0.3, 0.4) is 0 Å². The van der Waals surface area contributed by atoms with Crippen molar-refractivity contribution >= 4 is 50.1 Å². The van der Waals surface area contributed by atoms with E-state index in [4.69, 9.17) is 0 Å². The summed E-state index contributed by atoms with van der Waals surface area (Å²) >= 11 is 0. The van der Waals surface area contributed by atoms with Gasteiger partial charge in [0.2, 0.25) is 0 Å². The highest BCUT2D eigenvalue weighted by Gasteiger charge is 2.39. The molecular formula is C30H25F3N4O2. The van der Waals surface area contributed by atoms with Gasteiger partial charge in [0.1, 0.15) is 0 Å². The predicted molar refractivity (Wildman–Crippen MR) is 147 cm³/mol. The van der Waals surface area contributed by atoms with Crippen LogP contribution in [-0.4, -0.2) is 66.0 Å². The van der Waals surface area contributed by atoms with Gasteiger partial charge in [-0.05, 0) is 47.8 Å². The molecule has 0 saturated carbocycles. The standard InChI is InChI=1S/C30H25F3N4O2/c1-36-13-15-37(16-14-36)28(38)18-9-10-23-26(17-18)34-25-8-4-7-22(27(23)25)20-11-12-24(35-29(39)30(31,32)33)21-6-3-2-5-19(20)21/h2-12,17,34H,13-16H2,1H3,(H,35,39). The van der Waals surface area contributed by atoms with Crippen molar-refractivity contribution in [2.75, 3.05) is 38.5 Å². The number of likely N-dealkylation sites (N-methyl/N-ethyl adjacent to an activating group) is 1. The highest BCUT2D eigenvalue weighted by molar-refractivity contribution is 6.18. The van der Waals surface area contributed by atoms with E-state index < -0.39 is 12.1 Å². The zero-order valence-corrected chi connectivity index (χ0v) is 21.1. The molecule has 1 aliphatic rings. The van der Waals surface area contributed by atoms with Crippen LogP contribution in [0.15, 0.2) is 72.8 Å². The maximum absolute atomic E-state index is 13.2. The molecule has 9 heteroatoms. The van der Waals surface area contributed by atoms with E-state index in [2.05, 4.69) is 9.88 Å². The Kier molecular flexibility index (Phi) is 6.03. The van der Waals surface area contributed by atoms with Crippen molar-refractivity contribution in [3.63, 3.8) is 0 Å². The minimum atomic E-state index is -4.99. The van der Waals surface area contributed by atoms with Crippen molar-refractivity contribution in [3.05, 3.63) is 78.4 Å². The first-order valence-electron chi connectivity index (χ1n) is 12.6. The largest absolute Gasteiger partial charge is 0.471 e. The van der Waals surface area contributed by atoms with Gasteiger partial charge in [0.05, 0.1) is 0 Å². The molecule has 2 amide bonds. The molecule has 2 N–H and O–H groups in total. The van der Waals surface area contributed by atoms with Crippen LogP contribution in [0, 0.1) is 0 Å². The summed E-state index contributed by atoms with van der Waals surface area (Å²) in [5, 5.41) is 5.10. The van der Waals surface area contributed by atoms with Gasteiger partial charge in [0.25, 0.3) is 5.91 Å². The Hall–Kier alpha value is -4.37. The van der Waals surface area contributed by atoms with Crippen LogP contribution in [0.25, 0.3) is 43.7 Å². The number of nitrogens with zero attached hydrogens (tertiary/aromatic N) is 2. The van der Waals surface area contributed by atoms with Crippen molar-refractivity contribution in [3.8, 4) is 11.1 Å². The molecule has 2 heterocycles. The van der Waals surface area contributed by atoms with E-state index >= 15 is 0 Å². The fourth-order valence-corrected chi connectivity index (χ4v) is 5.34. The number of H-pyrrole nitrogens is 1. The van der Waals surface area contributed by atoms with Crippen LogP contribution in [0.2, 0.25) is 0 Å². The zero-order valence-electron chi connectivity index (χ0n) is 21.1. The first-order chi connectivity index (χ1) is 18.7. The molecule has 6 rings (SSSR count). The third-order valence-corrected chi connectivity index (χ3v) is 7.38. The average Bonchev–Trinajstić information content (AvgIpc) is 3.31. The maximum atomic E-state index is 13.2. The molecule has 39 heavy (non-hydrogen) atoms. The Morgan fingerprint density at radius 2 is 1.54 bits per heavy atom. The molecule has 0 atom stereocenters. The molecule has 198 valence electrons. The maximum Gasteiger partial charge on any atom is 0.471 e. The molecular weight excluding hydrogens is 505 g/mol. The number of anilines is 1. The Morgan fingerprint density at radius 1 is 0.795 bits per heavy atom. The van der Waals surface area contributed by atoms with Gasteiger partial charge in [-0.3, -0.25) is 9.59 Å². The summed E-state index contributed by atoms with van der Waals surface area (Å²) in [5.41, 5.74) is 4.13. The first kappa shape index (κ1) is 24.9. The average molecular weight is 531 g/mol. The van der Waals surface area contributed by atoms with Crippen LogP contribution < -0.4 is 5.32 Å². The Bertz CT molecular complexity index is 1750. The van der Waals surface area contributed by atoms with E-state index in [-0.39, 0.29) is 11.6 Å². The molecule has 0 bridgehead atoms. The summed E-state index contributed by atoms with van der Waals surface area (Å²) in [5.74, 6) is -2.01. The third kappa shape index (κ3) is 4.48. The van der Waals surface area contributed by atoms with Gasteiger partial charge in [0.15, 0.2) is 0 Å². The summed E-state index contributed by atoms with van der Waals surface area (Å²) < 4.78 is 38.8. The van der Waals surface area contributed by atoms with Gasteiger partial charge in [0, 0.05) is 64.6 Å². The number of halogens is 3.